The number of thiophene rings is 1. The summed E-state index contributed by atoms with van der Waals surface area (Å²) in [6.07, 6.45) is 1.60. The molecule has 0 bridgehead atoms. The quantitative estimate of drug-likeness (QED) is 0.186. The highest BCUT2D eigenvalue weighted by atomic mass is 32.2. The summed E-state index contributed by atoms with van der Waals surface area (Å²) in [5.74, 6) is -0.540. The van der Waals surface area contributed by atoms with Gasteiger partial charge in [0.15, 0.2) is 5.65 Å². The van der Waals surface area contributed by atoms with E-state index in [1.807, 2.05) is 43.4 Å². The molecule has 41 heavy (non-hydrogen) atoms. The number of thioether (sulfide) groups is 1. The molecule has 5 aromatic rings. The predicted molar refractivity (Wildman–Crippen MR) is 163 cm³/mol. The first-order valence-corrected chi connectivity index (χ1v) is 15.4. The Balaban J connectivity index is 1.21. The molecule has 0 saturated heterocycles. The van der Waals surface area contributed by atoms with Crippen LogP contribution in [0.5, 0.6) is 0 Å². The topological polar surface area (TPSA) is 102 Å². The van der Waals surface area contributed by atoms with Gasteiger partial charge in [-0.3, -0.25) is 4.79 Å². The Kier molecular flexibility index (Phi) is 8.00. The van der Waals surface area contributed by atoms with Crippen molar-refractivity contribution in [1.29, 1.82) is 0 Å². The van der Waals surface area contributed by atoms with Gasteiger partial charge in [-0.25, -0.2) is 9.78 Å². The van der Waals surface area contributed by atoms with Crippen LogP contribution in [0.15, 0.2) is 59.8 Å². The van der Waals surface area contributed by atoms with E-state index >= 15 is 0 Å². The first-order valence-electron chi connectivity index (χ1n) is 13.6. The fraction of sp³-hybridized carbons (Fsp3) is 0.300. The van der Waals surface area contributed by atoms with Gasteiger partial charge >= 0.3 is 5.97 Å². The van der Waals surface area contributed by atoms with Crippen LogP contribution in [-0.2, 0) is 35.5 Å². The Morgan fingerprint density at radius 2 is 1.90 bits per heavy atom. The van der Waals surface area contributed by atoms with Crippen LogP contribution in [0, 0.1) is 0 Å². The van der Waals surface area contributed by atoms with Gasteiger partial charge in [0.1, 0.15) is 10.5 Å². The monoisotopic (exact) mass is 586 g/mol. The minimum absolute atomic E-state index is 0.0855. The number of rotatable bonds is 9. The van der Waals surface area contributed by atoms with Gasteiger partial charge in [-0.1, -0.05) is 60.3 Å². The molecule has 1 aliphatic rings. The molecule has 0 unspecified atom stereocenters. The average molecular weight is 587 g/mol. The van der Waals surface area contributed by atoms with E-state index in [0.717, 1.165) is 65.0 Å². The van der Waals surface area contributed by atoms with Crippen LogP contribution in [-0.4, -0.2) is 62.5 Å². The molecule has 0 atom stereocenters. The zero-order valence-corrected chi connectivity index (χ0v) is 24.6. The molecule has 4 heterocycles. The Hall–Kier alpha value is -3.80. The van der Waals surface area contributed by atoms with Gasteiger partial charge in [0.2, 0.25) is 11.1 Å². The largest absolute Gasteiger partial charge is 0.462 e. The summed E-state index contributed by atoms with van der Waals surface area (Å²) < 4.78 is 7.50. The lowest BCUT2D eigenvalue weighted by Crippen LogP contribution is -2.26. The highest BCUT2D eigenvalue weighted by Gasteiger charge is 2.28. The number of hydrogen-bond acceptors (Lipinski definition) is 9. The maximum Gasteiger partial charge on any atom is 0.341 e. The van der Waals surface area contributed by atoms with E-state index in [-0.39, 0.29) is 24.2 Å². The molecule has 0 aliphatic carbocycles. The summed E-state index contributed by atoms with van der Waals surface area (Å²) in [6.45, 7) is 4.40. The number of aromatic nitrogens is 4. The number of carbonyl (C=O) groups excluding carboxylic acids is 2. The molecule has 9 nitrogen and oxygen atoms in total. The molecule has 1 amide bonds. The fourth-order valence-electron chi connectivity index (χ4n) is 5.19. The van der Waals surface area contributed by atoms with Crippen molar-refractivity contribution in [3.8, 4) is 0 Å². The number of anilines is 1. The maximum absolute atomic E-state index is 13.1. The number of ether oxygens (including phenoxy) is 1. The molecule has 3 aromatic heterocycles. The molecule has 210 valence electrons. The fourth-order valence-corrected chi connectivity index (χ4v) is 7.11. The van der Waals surface area contributed by atoms with Gasteiger partial charge in [-0.2, -0.15) is 0 Å². The van der Waals surface area contributed by atoms with Crippen molar-refractivity contribution in [1.82, 2.24) is 24.6 Å². The van der Waals surface area contributed by atoms with Crippen molar-refractivity contribution >= 4 is 62.0 Å². The van der Waals surface area contributed by atoms with Gasteiger partial charge in [0.25, 0.3) is 0 Å². The molecule has 2 aromatic carbocycles. The summed E-state index contributed by atoms with van der Waals surface area (Å²) in [7, 11) is 2.05. The van der Waals surface area contributed by atoms with Crippen LogP contribution >= 0.6 is 23.1 Å². The van der Waals surface area contributed by atoms with Crippen LogP contribution in [0.2, 0.25) is 0 Å². The lowest BCUT2D eigenvalue weighted by molar-refractivity contribution is -0.113. The number of carbonyl (C=O) groups is 2. The SMILES string of the molecule is CCOC(=O)c1c(NC(=O)CSc2nnc3c4ccccc4n(CCc4ccccc4)c3n2)sc2c1CCN(C)C2. The molecular formula is C30H30N6O3S2. The van der Waals surface area contributed by atoms with Gasteiger partial charge in [0, 0.05) is 29.9 Å². The van der Waals surface area contributed by atoms with Crippen molar-refractivity contribution in [2.24, 2.45) is 0 Å². The Morgan fingerprint density at radius 1 is 1.10 bits per heavy atom. The zero-order valence-electron chi connectivity index (χ0n) is 22.9. The Morgan fingerprint density at radius 3 is 2.73 bits per heavy atom. The molecule has 11 heteroatoms. The summed E-state index contributed by atoms with van der Waals surface area (Å²) in [4.78, 5) is 34.0. The highest BCUT2D eigenvalue weighted by Crippen LogP contribution is 2.37. The van der Waals surface area contributed by atoms with E-state index in [1.54, 1.807) is 6.92 Å². The minimum Gasteiger partial charge on any atom is -0.462 e. The van der Waals surface area contributed by atoms with Crippen molar-refractivity contribution in [3.05, 3.63) is 76.2 Å². The molecule has 0 saturated carbocycles. The number of benzene rings is 2. The molecule has 1 N–H and O–H groups in total. The number of nitrogens with one attached hydrogen (secondary N) is 1. The predicted octanol–water partition coefficient (Wildman–Crippen LogP) is 5.18. The van der Waals surface area contributed by atoms with E-state index < -0.39 is 0 Å². The summed E-state index contributed by atoms with van der Waals surface area (Å²) in [6, 6.07) is 18.5. The van der Waals surface area contributed by atoms with Crippen LogP contribution in [0.4, 0.5) is 5.00 Å². The van der Waals surface area contributed by atoms with Gasteiger partial charge in [-0.15, -0.1) is 21.5 Å². The second-order valence-electron chi connectivity index (χ2n) is 9.92. The molecule has 6 rings (SSSR count). The second-order valence-corrected chi connectivity index (χ2v) is 12.0. The summed E-state index contributed by atoms with van der Waals surface area (Å²) >= 11 is 2.67. The minimum atomic E-state index is -0.390. The number of fused-ring (bicyclic) bond motifs is 4. The van der Waals surface area contributed by atoms with Gasteiger partial charge in [0.05, 0.1) is 23.4 Å². The molecule has 0 spiro atoms. The van der Waals surface area contributed by atoms with Crippen molar-refractivity contribution < 1.29 is 14.3 Å². The third kappa shape index (κ3) is 5.70. The number of nitrogens with zero attached hydrogens (tertiary/aromatic N) is 5. The van der Waals surface area contributed by atoms with Crippen LogP contribution in [0.3, 0.4) is 0 Å². The van der Waals surface area contributed by atoms with Crippen molar-refractivity contribution in [2.75, 3.05) is 31.3 Å². The van der Waals surface area contributed by atoms with Crippen LogP contribution in [0.1, 0.15) is 33.3 Å². The standard InChI is InChI=1S/C30H30N6O3S2/c1-3-39-29(38)25-21-14-15-35(2)17-23(21)41-28(25)31-24(37)18-40-30-32-27-26(33-34-30)20-11-7-8-12-22(20)36(27)16-13-19-9-5-4-6-10-19/h4-12H,3,13-18H2,1-2H3,(H,31,37). The summed E-state index contributed by atoms with van der Waals surface area (Å²) in [5, 5.41) is 13.8. The third-order valence-electron chi connectivity index (χ3n) is 7.13. The number of likely N-dealkylation sites (N-methyl/N-ethyl adjacent to an activating group) is 1. The zero-order chi connectivity index (χ0) is 28.3. The second kappa shape index (κ2) is 12.0. The Bertz CT molecular complexity index is 1730. The Labute approximate surface area is 245 Å². The number of amides is 1. The number of para-hydroxylation sites is 1. The van der Waals surface area contributed by atoms with E-state index in [9.17, 15) is 9.59 Å². The molecular weight excluding hydrogens is 557 g/mol. The van der Waals surface area contributed by atoms with E-state index in [2.05, 4.69) is 43.2 Å². The first-order chi connectivity index (χ1) is 20.0. The van der Waals surface area contributed by atoms with Crippen molar-refractivity contribution in [2.45, 2.75) is 38.0 Å². The smallest absolute Gasteiger partial charge is 0.341 e. The van der Waals surface area contributed by atoms with Gasteiger partial charge < -0.3 is 19.5 Å². The normalized spacial score (nSPS) is 13.4. The maximum atomic E-state index is 13.1. The molecule has 1 aliphatic heterocycles. The lowest BCUT2D eigenvalue weighted by atomic mass is 10.0. The summed E-state index contributed by atoms with van der Waals surface area (Å²) in [5.41, 5.74) is 5.27. The van der Waals surface area contributed by atoms with Crippen LogP contribution < -0.4 is 5.32 Å². The van der Waals surface area contributed by atoms with Crippen molar-refractivity contribution in [3.63, 3.8) is 0 Å². The van der Waals surface area contributed by atoms with Crippen LogP contribution in [0.25, 0.3) is 22.1 Å². The third-order valence-corrected chi connectivity index (χ3v) is 9.10. The molecule has 0 fully saturated rings. The van der Waals surface area contributed by atoms with E-state index in [0.29, 0.717) is 15.7 Å². The first kappa shape index (κ1) is 27.4. The van der Waals surface area contributed by atoms with Gasteiger partial charge in [-0.05, 0) is 44.0 Å². The van der Waals surface area contributed by atoms with E-state index in [1.165, 1.54) is 28.7 Å². The average Bonchev–Trinajstić information content (AvgIpc) is 3.49. The number of hydrogen-bond donors (Lipinski definition) is 1. The van der Waals surface area contributed by atoms with E-state index in [4.69, 9.17) is 9.72 Å². The number of aryl methyl sites for hydroxylation is 2. The highest BCUT2D eigenvalue weighted by molar-refractivity contribution is 7.99. The lowest BCUT2D eigenvalue weighted by Gasteiger charge is -2.22. The number of esters is 1. The molecule has 0 radical (unpaired) electrons.